The summed E-state index contributed by atoms with van der Waals surface area (Å²) in [4.78, 5) is 23.7. The summed E-state index contributed by atoms with van der Waals surface area (Å²) < 4.78 is 20.6. The second-order valence-electron chi connectivity index (χ2n) is 9.38. The van der Waals surface area contributed by atoms with E-state index in [0.29, 0.717) is 42.3 Å². The van der Waals surface area contributed by atoms with Crippen molar-refractivity contribution in [3.05, 3.63) is 65.2 Å². The van der Waals surface area contributed by atoms with Gasteiger partial charge in [0.2, 0.25) is 0 Å². The zero-order valence-corrected chi connectivity index (χ0v) is 19.3. The zero-order valence-electron chi connectivity index (χ0n) is 19.3. The SMILES string of the molecule is N#Cc1cccc(F)c1-c1cc(Nc2ccc(N3CC[C@]4(C[C@H](O)CO4)C3)cn2)c2c(n1)CNC2=O. The highest BCUT2D eigenvalue weighted by Gasteiger charge is 2.45. The van der Waals surface area contributed by atoms with E-state index < -0.39 is 11.9 Å². The van der Waals surface area contributed by atoms with Gasteiger partial charge in [0.05, 0.1) is 76.6 Å². The standard InChI is InChI=1S/C26H23FN6O3/c27-18-3-1-2-15(10-28)23(18)19-8-20(24-21(31-19)12-30-25(24)35)32-22-5-4-16(11-29-22)33-7-6-26(14-33)9-17(34)13-36-26/h1-5,8,11,17,34H,6-7,9,12-14H2,(H,30,35)(H,29,31,32)/t17-,26-/m0/s1. The van der Waals surface area contributed by atoms with Crippen LogP contribution in [0.15, 0.2) is 42.6 Å². The number of pyridine rings is 2. The highest BCUT2D eigenvalue weighted by atomic mass is 19.1. The molecule has 0 unspecified atom stereocenters. The molecule has 182 valence electrons. The third kappa shape index (κ3) is 3.82. The number of nitrogens with zero attached hydrogens (tertiary/aromatic N) is 4. The molecule has 1 spiro atoms. The summed E-state index contributed by atoms with van der Waals surface area (Å²) in [5.74, 6) is -0.332. The minimum absolute atomic E-state index is 0.0933. The van der Waals surface area contributed by atoms with Crippen LogP contribution in [0, 0.1) is 17.1 Å². The lowest BCUT2D eigenvalue weighted by Gasteiger charge is -2.24. The lowest BCUT2D eigenvalue weighted by molar-refractivity contribution is 0.0185. The average molecular weight is 487 g/mol. The molecule has 0 saturated carbocycles. The van der Waals surface area contributed by atoms with Gasteiger partial charge in [-0.15, -0.1) is 0 Å². The van der Waals surface area contributed by atoms with Crippen molar-refractivity contribution in [2.45, 2.75) is 31.1 Å². The van der Waals surface area contributed by atoms with E-state index in [1.165, 1.54) is 18.2 Å². The highest BCUT2D eigenvalue weighted by Crippen LogP contribution is 2.38. The summed E-state index contributed by atoms with van der Waals surface area (Å²) in [6, 6.07) is 11.6. The molecule has 10 heteroatoms. The summed E-state index contributed by atoms with van der Waals surface area (Å²) >= 11 is 0. The number of ether oxygens (including phenoxy) is 1. The minimum atomic E-state index is -0.561. The molecule has 2 saturated heterocycles. The molecule has 3 aromatic rings. The fourth-order valence-electron chi connectivity index (χ4n) is 5.29. The second kappa shape index (κ2) is 8.55. The number of carbonyl (C=O) groups is 1. The number of aliphatic hydroxyl groups excluding tert-OH is 1. The number of carbonyl (C=O) groups excluding carboxylic acids is 1. The van der Waals surface area contributed by atoms with Crippen molar-refractivity contribution in [2.24, 2.45) is 0 Å². The van der Waals surface area contributed by atoms with Crippen molar-refractivity contribution in [2.75, 3.05) is 29.9 Å². The second-order valence-corrected chi connectivity index (χ2v) is 9.38. The molecule has 0 bridgehead atoms. The van der Waals surface area contributed by atoms with Crippen molar-refractivity contribution < 1.29 is 19.0 Å². The number of benzene rings is 1. The Morgan fingerprint density at radius 3 is 2.94 bits per heavy atom. The number of halogens is 1. The summed E-state index contributed by atoms with van der Waals surface area (Å²) in [7, 11) is 0. The van der Waals surface area contributed by atoms with Crippen LogP contribution in [0.1, 0.15) is 34.5 Å². The molecule has 0 aliphatic carbocycles. The molecule has 9 nitrogen and oxygen atoms in total. The maximum absolute atomic E-state index is 14.7. The summed E-state index contributed by atoms with van der Waals surface area (Å²) in [6.45, 7) is 2.10. The zero-order chi connectivity index (χ0) is 24.9. The van der Waals surface area contributed by atoms with Crippen molar-refractivity contribution in [1.82, 2.24) is 15.3 Å². The van der Waals surface area contributed by atoms with Crippen molar-refractivity contribution in [3.63, 3.8) is 0 Å². The predicted molar refractivity (Wildman–Crippen MR) is 129 cm³/mol. The lowest BCUT2D eigenvalue weighted by atomic mass is 9.98. The Morgan fingerprint density at radius 1 is 1.31 bits per heavy atom. The Hall–Kier alpha value is -4.07. The third-order valence-corrected chi connectivity index (χ3v) is 7.01. The number of hydrogen-bond donors (Lipinski definition) is 3. The summed E-state index contributed by atoms with van der Waals surface area (Å²) in [5.41, 5.74) is 2.44. The maximum atomic E-state index is 14.7. The van der Waals surface area contributed by atoms with Crippen molar-refractivity contribution >= 4 is 23.1 Å². The van der Waals surface area contributed by atoms with Crippen LogP contribution in [0.2, 0.25) is 0 Å². The molecule has 2 atom stereocenters. The number of aromatic nitrogens is 2. The molecule has 0 radical (unpaired) electrons. The predicted octanol–water partition coefficient (Wildman–Crippen LogP) is 2.87. The van der Waals surface area contributed by atoms with Gasteiger partial charge in [0, 0.05) is 19.5 Å². The Balaban J connectivity index is 1.29. The van der Waals surface area contributed by atoms with Gasteiger partial charge in [-0.1, -0.05) is 6.07 Å². The summed E-state index contributed by atoms with van der Waals surface area (Å²) in [5, 5.41) is 25.3. The normalized spacial score (nSPS) is 22.5. The number of anilines is 3. The fraction of sp³-hybridized carbons (Fsp3) is 0.308. The van der Waals surface area contributed by atoms with Gasteiger partial charge < -0.3 is 25.4 Å². The van der Waals surface area contributed by atoms with E-state index in [1.54, 1.807) is 12.3 Å². The van der Waals surface area contributed by atoms with Gasteiger partial charge in [-0.3, -0.25) is 4.79 Å². The number of rotatable bonds is 4. The third-order valence-electron chi connectivity index (χ3n) is 7.01. The molecular weight excluding hydrogens is 463 g/mol. The Kier molecular flexibility index (Phi) is 5.32. The lowest BCUT2D eigenvalue weighted by Crippen LogP contribution is -2.33. The smallest absolute Gasteiger partial charge is 0.255 e. The molecule has 2 fully saturated rings. The van der Waals surface area contributed by atoms with E-state index in [9.17, 15) is 19.6 Å². The number of hydrogen-bond acceptors (Lipinski definition) is 8. The molecule has 36 heavy (non-hydrogen) atoms. The van der Waals surface area contributed by atoms with E-state index in [-0.39, 0.29) is 34.9 Å². The van der Waals surface area contributed by atoms with Gasteiger partial charge in [-0.25, -0.2) is 14.4 Å². The molecule has 3 aliphatic heterocycles. The maximum Gasteiger partial charge on any atom is 0.255 e. The molecule has 3 N–H and O–H groups in total. The number of fused-ring (bicyclic) bond motifs is 1. The molecule has 1 amide bonds. The first-order valence-electron chi connectivity index (χ1n) is 11.8. The van der Waals surface area contributed by atoms with Gasteiger partial charge in [0.1, 0.15) is 11.6 Å². The van der Waals surface area contributed by atoms with Gasteiger partial charge in [0.25, 0.3) is 5.91 Å². The van der Waals surface area contributed by atoms with Crippen molar-refractivity contribution in [1.29, 1.82) is 5.26 Å². The van der Waals surface area contributed by atoms with Crippen LogP contribution in [-0.4, -0.2) is 52.4 Å². The largest absolute Gasteiger partial charge is 0.391 e. The van der Waals surface area contributed by atoms with Crippen LogP contribution >= 0.6 is 0 Å². The molecule has 2 aromatic heterocycles. The highest BCUT2D eigenvalue weighted by molar-refractivity contribution is 6.04. The van der Waals surface area contributed by atoms with Gasteiger partial charge in [-0.2, -0.15) is 5.26 Å². The van der Waals surface area contributed by atoms with E-state index in [2.05, 4.69) is 25.5 Å². The summed E-state index contributed by atoms with van der Waals surface area (Å²) in [6.07, 6.45) is 2.84. The van der Waals surface area contributed by atoms with Crippen molar-refractivity contribution in [3.8, 4) is 17.3 Å². The number of amides is 1. The molecule has 3 aliphatic rings. The van der Waals surface area contributed by atoms with Crippen LogP contribution in [0.5, 0.6) is 0 Å². The fourth-order valence-corrected chi connectivity index (χ4v) is 5.29. The Labute approximate surface area is 206 Å². The number of nitriles is 1. The van der Waals surface area contributed by atoms with Crippen LogP contribution in [0.3, 0.4) is 0 Å². The van der Waals surface area contributed by atoms with Crippen LogP contribution in [0.4, 0.5) is 21.6 Å². The number of aliphatic hydroxyl groups is 1. The van der Waals surface area contributed by atoms with Crippen LogP contribution in [0.25, 0.3) is 11.3 Å². The quantitative estimate of drug-likeness (QED) is 0.515. The van der Waals surface area contributed by atoms with Gasteiger partial charge in [-0.05, 0) is 36.8 Å². The van der Waals surface area contributed by atoms with E-state index in [4.69, 9.17) is 4.74 Å². The minimum Gasteiger partial charge on any atom is -0.391 e. The van der Waals surface area contributed by atoms with E-state index >= 15 is 0 Å². The van der Waals surface area contributed by atoms with Gasteiger partial charge >= 0.3 is 0 Å². The van der Waals surface area contributed by atoms with Crippen LogP contribution in [-0.2, 0) is 11.3 Å². The molecule has 5 heterocycles. The monoisotopic (exact) mass is 486 g/mol. The van der Waals surface area contributed by atoms with E-state index in [1.807, 2.05) is 18.2 Å². The van der Waals surface area contributed by atoms with E-state index in [0.717, 1.165) is 18.7 Å². The average Bonchev–Trinajstić information content (AvgIpc) is 3.58. The molecule has 1 aromatic carbocycles. The molecule has 6 rings (SSSR count). The first kappa shape index (κ1) is 22.4. The first-order chi connectivity index (χ1) is 17.4. The first-order valence-corrected chi connectivity index (χ1v) is 11.8. The molecular formula is C26H23FN6O3. The topological polar surface area (TPSA) is 123 Å². The van der Waals surface area contributed by atoms with Gasteiger partial charge in [0.15, 0.2) is 0 Å². The Morgan fingerprint density at radius 2 is 2.19 bits per heavy atom. The number of nitrogens with one attached hydrogen (secondary N) is 2. The Bertz CT molecular complexity index is 1410. The van der Waals surface area contributed by atoms with Crippen LogP contribution < -0.4 is 15.5 Å².